The average molecular weight is 589 g/mol. The summed E-state index contributed by atoms with van der Waals surface area (Å²) >= 11 is 9.61. The molecule has 2 atom stereocenters. The highest BCUT2D eigenvalue weighted by atomic mass is 79.9. The van der Waals surface area contributed by atoms with Crippen molar-refractivity contribution in [3.63, 3.8) is 0 Å². The van der Waals surface area contributed by atoms with Crippen LogP contribution in [0.25, 0.3) is 5.69 Å². The maximum absolute atomic E-state index is 5.95. The van der Waals surface area contributed by atoms with Crippen molar-refractivity contribution in [1.29, 1.82) is 0 Å². The van der Waals surface area contributed by atoms with E-state index in [0.29, 0.717) is 5.11 Å². The summed E-state index contributed by atoms with van der Waals surface area (Å²) in [6, 6.07) is 23.6. The molecule has 196 valence electrons. The van der Waals surface area contributed by atoms with E-state index in [-0.39, 0.29) is 12.1 Å². The molecule has 4 aromatic rings. The summed E-state index contributed by atoms with van der Waals surface area (Å²) in [7, 11) is 0. The van der Waals surface area contributed by atoms with E-state index < -0.39 is 0 Å². The number of aryl methyl sites for hydroxylation is 2. The van der Waals surface area contributed by atoms with Crippen molar-refractivity contribution in [2.24, 2.45) is 0 Å². The second-order valence-electron chi connectivity index (χ2n) is 9.78. The molecular formula is C31H34BrN5S. The van der Waals surface area contributed by atoms with Crippen LogP contribution >= 0.6 is 28.1 Å². The summed E-state index contributed by atoms with van der Waals surface area (Å²) in [5.74, 6) is 0. The van der Waals surface area contributed by atoms with E-state index in [1.807, 2.05) is 18.3 Å². The summed E-state index contributed by atoms with van der Waals surface area (Å²) in [6.07, 6.45) is 1.85. The Kier molecular flexibility index (Phi) is 7.59. The van der Waals surface area contributed by atoms with E-state index in [1.54, 1.807) is 0 Å². The Hall–Kier alpha value is -3.16. The first-order chi connectivity index (χ1) is 18.3. The van der Waals surface area contributed by atoms with Gasteiger partial charge in [-0.1, -0.05) is 22.0 Å². The fraction of sp³-hybridized carbons (Fsp3) is 0.290. The molecule has 7 heteroatoms. The predicted molar refractivity (Wildman–Crippen MR) is 166 cm³/mol. The zero-order valence-corrected chi connectivity index (χ0v) is 25.0. The summed E-state index contributed by atoms with van der Waals surface area (Å²) in [5.41, 5.74) is 9.26. The Morgan fingerprint density at radius 3 is 2.29 bits per heavy atom. The molecule has 0 saturated carbocycles. The highest BCUT2D eigenvalue weighted by molar-refractivity contribution is 9.10. The molecule has 5 nitrogen and oxygen atoms in total. The Labute approximate surface area is 239 Å². The number of halogens is 1. The van der Waals surface area contributed by atoms with Crippen molar-refractivity contribution in [3.8, 4) is 5.69 Å². The van der Waals surface area contributed by atoms with Gasteiger partial charge >= 0.3 is 0 Å². The van der Waals surface area contributed by atoms with Crippen molar-refractivity contribution in [1.82, 2.24) is 14.9 Å². The zero-order chi connectivity index (χ0) is 27.0. The van der Waals surface area contributed by atoms with Crippen LogP contribution in [0.3, 0.4) is 0 Å². The normalized spacial score (nSPS) is 17.1. The molecule has 1 N–H and O–H groups in total. The minimum absolute atomic E-state index is 0.0483. The van der Waals surface area contributed by atoms with Crippen LogP contribution in [0.2, 0.25) is 0 Å². The largest absolute Gasteiger partial charge is 0.372 e. The maximum Gasteiger partial charge on any atom is 0.174 e. The number of nitrogens with zero attached hydrogens (tertiary/aromatic N) is 4. The van der Waals surface area contributed by atoms with E-state index in [9.17, 15) is 0 Å². The smallest absolute Gasteiger partial charge is 0.174 e. The van der Waals surface area contributed by atoms with Gasteiger partial charge in [0.25, 0.3) is 0 Å². The van der Waals surface area contributed by atoms with E-state index >= 15 is 0 Å². The summed E-state index contributed by atoms with van der Waals surface area (Å²) in [6.45, 7) is 12.9. The molecular weight excluding hydrogens is 554 g/mol. The Bertz CT molecular complexity index is 1440. The highest BCUT2D eigenvalue weighted by Gasteiger charge is 2.42. The van der Waals surface area contributed by atoms with Crippen LogP contribution in [0.5, 0.6) is 0 Å². The molecule has 2 aromatic carbocycles. The van der Waals surface area contributed by atoms with Crippen LogP contribution in [0.4, 0.5) is 11.4 Å². The van der Waals surface area contributed by atoms with Crippen LogP contribution in [0.15, 0.2) is 77.4 Å². The zero-order valence-electron chi connectivity index (χ0n) is 22.6. The third-order valence-corrected chi connectivity index (χ3v) is 8.75. The molecule has 1 fully saturated rings. The predicted octanol–water partition coefficient (Wildman–Crippen LogP) is 7.58. The van der Waals surface area contributed by atoms with Gasteiger partial charge in [0.05, 0.1) is 17.8 Å². The maximum atomic E-state index is 5.95. The highest BCUT2D eigenvalue weighted by Crippen LogP contribution is 2.44. The topological polar surface area (TPSA) is 36.3 Å². The Morgan fingerprint density at radius 2 is 1.66 bits per heavy atom. The lowest BCUT2D eigenvalue weighted by Crippen LogP contribution is -2.29. The van der Waals surface area contributed by atoms with Crippen LogP contribution in [0.1, 0.15) is 54.1 Å². The monoisotopic (exact) mass is 587 g/mol. The molecule has 3 heterocycles. The minimum Gasteiger partial charge on any atom is -0.372 e. The number of thiocarbonyl (C=S) groups is 1. The Morgan fingerprint density at radius 1 is 0.947 bits per heavy atom. The van der Waals surface area contributed by atoms with Gasteiger partial charge in [0.15, 0.2) is 5.11 Å². The van der Waals surface area contributed by atoms with E-state index in [0.717, 1.165) is 34.6 Å². The molecule has 0 bridgehead atoms. The number of anilines is 2. The number of pyridine rings is 1. The number of rotatable bonds is 7. The van der Waals surface area contributed by atoms with Gasteiger partial charge in [-0.05, 0) is 119 Å². The molecule has 1 aliphatic rings. The van der Waals surface area contributed by atoms with Crippen LogP contribution in [-0.2, 0) is 0 Å². The first-order valence-electron chi connectivity index (χ1n) is 13.1. The standard InChI is InChI=1S/C31H34BrN5S/c1-6-35(7-2)23-11-13-24(14-12-23)36-21(4)19-26(22(36)5)30-29(28-10-8-9-17-33-28)34-31(38)37(30)25-15-16-27(32)20(3)18-25/h8-19,29-30H,6-7H2,1-5H3,(H,34,38)/t29-,30+/m0/s1. The van der Waals surface area contributed by atoms with Crippen molar-refractivity contribution >= 4 is 44.6 Å². The third kappa shape index (κ3) is 4.74. The molecule has 0 amide bonds. The number of hydrogen-bond acceptors (Lipinski definition) is 3. The summed E-state index contributed by atoms with van der Waals surface area (Å²) in [4.78, 5) is 9.34. The summed E-state index contributed by atoms with van der Waals surface area (Å²) in [5, 5.41) is 4.31. The first kappa shape index (κ1) is 26.4. The van der Waals surface area contributed by atoms with Crippen LogP contribution in [-0.4, -0.2) is 27.8 Å². The van der Waals surface area contributed by atoms with E-state index in [4.69, 9.17) is 17.2 Å². The van der Waals surface area contributed by atoms with E-state index in [2.05, 4.69) is 125 Å². The lowest BCUT2D eigenvalue weighted by atomic mass is 9.96. The first-order valence-corrected chi connectivity index (χ1v) is 14.3. The molecule has 38 heavy (non-hydrogen) atoms. The molecule has 1 saturated heterocycles. The average Bonchev–Trinajstić information content (AvgIpc) is 3.42. The molecule has 2 aromatic heterocycles. The third-order valence-electron chi connectivity index (χ3n) is 7.54. The number of hydrogen-bond donors (Lipinski definition) is 1. The minimum atomic E-state index is -0.0772. The van der Waals surface area contributed by atoms with Gasteiger partial charge in [0.2, 0.25) is 0 Å². The van der Waals surface area contributed by atoms with Gasteiger partial charge in [-0.15, -0.1) is 0 Å². The van der Waals surface area contributed by atoms with Gasteiger partial charge in [-0.3, -0.25) is 4.98 Å². The molecule has 5 rings (SSSR count). The van der Waals surface area contributed by atoms with Crippen molar-refractivity contribution in [3.05, 3.63) is 106 Å². The van der Waals surface area contributed by atoms with Crippen LogP contribution in [0, 0.1) is 20.8 Å². The van der Waals surface area contributed by atoms with Crippen molar-refractivity contribution in [2.75, 3.05) is 22.9 Å². The second-order valence-corrected chi connectivity index (χ2v) is 11.0. The second kappa shape index (κ2) is 10.9. The van der Waals surface area contributed by atoms with Gasteiger partial charge in [-0.25, -0.2) is 0 Å². The van der Waals surface area contributed by atoms with Crippen molar-refractivity contribution < 1.29 is 0 Å². The molecule has 0 spiro atoms. The molecule has 0 unspecified atom stereocenters. The van der Waals surface area contributed by atoms with Crippen molar-refractivity contribution in [2.45, 2.75) is 46.7 Å². The van der Waals surface area contributed by atoms with Gasteiger partial charge in [0, 0.05) is 52.2 Å². The fourth-order valence-corrected chi connectivity index (χ4v) is 6.21. The van der Waals surface area contributed by atoms with Crippen LogP contribution < -0.4 is 15.1 Å². The fourth-order valence-electron chi connectivity index (χ4n) is 5.61. The number of benzene rings is 2. The quantitative estimate of drug-likeness (QED) is 0.225. The molecule has 0 radical (unpaired) electrons. The van der Waals surface area contributed by atoms with Gasteiger partial charge in [0.1, 0.15) is 0 Å². The summed E-state index contributed by atoms with van der Waals surface area (Å²) < 4.78 is 3.44. The Balaban J connectivity index is 1.62. The molecule has 1 aliphatic heterocycles. The van der Waals surface area contributed by atoms with Gasteiger partial charge in [-0.2, -0.15) is 0 Å². The lowest BCUT2D eigenvalue weighted by molar-refractivity contribution is 0.565. The number of aromatic nitrogens is 2. The molecule has 0 aliphatic carbocycles. The number of nitrogens with one attached hydrogen (secondary N) is 1. The van der Waals surface area contributed by atoms with Gasteiger partial charge < -0.3 is 19.7 Å². The lowest BCUT2D eigenvalue weighted by Gasteiger charge is -2.28. The SMILES string of the molecule is CCN(CC)c1ccc(-n2c(C)cc([C@@H]3[C@H](c4ccccn4)NC(=S)N3c3ccc(Br)c(C)c3)c2C)cc1. The van der Waals surface area contributed by atoms with E-state index in [1.165, 1.54) is 28.2 Å².